The number of carbonyl (C=O) groups excluding carboxylic acids is 1. The largest absolute Gasteiger partial charge is 0.378 e. The van der Waals surface area contributed by atoms with E-state index in [2.05, 4.69) is 9.69 Å². The second kappa shape index (κ2) is 5.69. The molecule has 1 N–H and O–H groups in total. The van der Waals surface area contributed by atoms with Gasteiger partial charge in [-0.1, -0.05) is 12.8 Å². The molecular formula is C14H21N3O2S. The van der Waals surface area contributed by atoms with E-state index in [4.69, 9.17) is 4.74 Å². The van der Waals surface area contributed by atoms with Crippen molar-refractivity contribution in [2.75, 3.05) is 25.5 Å². The van der Waals surface area contributed by atoms with Crippen LogP contribution in [0.15, 0.2) is 0 Å². The van der Waals surface area contributed by atoms with Crippen molar-refractivity contribution in [1.82, 2.24) is 9.27 Å². The lowest BCUT2D eigenvalue weighted by molar-refractivity contribution is -0.0752. The van der Waals surface area contributed by atoms with Crippen molar-refractivity contribution < 1.29 is 9.53 Å². The molecule has 5 nitrogen and oxygen atoms in total. The molecule has 2 atom stereocenters. The third kappa shape index (κ3) is 2.31. The van der Waals surface area contributed by atoms with Crippen LogP contribution in [0.4, 0.5) is 5.00 Å². The summed E-state index contributed by atoms with van der Waals surface area (Å²) in [6.45, 7) is 3.25. The summed E-state index contributed by atoms with van der Waals surface area (Å²) in [5.41, 5.74) is 1.56. The van der Waals surface area contributed by atoms with Crippen LogP contribution in [0, 0.1) is 6.92 Å². The molecule has 110 valence electrons. The number of hydrogen-bond donors (Lipinski definition) is 1. The van der Waals surface area contributed by atoms with Gasteiger partial charge in [-0.2, -0.15) is 4.37 Å². The van der Waals surface area contributed by atoms with Gasteiger partial charge in [0.25, 0.3) is 5.91 Å². The van der Waals surface area contributed by atoms with Gasteiger partial charge in [0.2, 0.25) is 0 Å². The zero-order valence-corrected chi connectivity index (χ0v) is 12.8. The van der Waals surface area contributed by atoms with Gasteiger partial charge in [-0.15, -0.1) is 0 Å². The van der Waals surface area contributed by atoms with Crippen LogP contribution in [0.5, 0.6) is 0 Å². The van der Waals surface area contributed by atoms with Gasteiger partial charge >= 0.3 is 0 Å². The van der Waals surface area contributed by atoms with Gasteiger partial charge in [-0.3, -0.25) is 4.79 Å². The maximum absolute atomic E-state index is 12.9. The number of aryl methyl sites for hydroxylation is 1. The highest BCUT2D eigenvalue weighted by Gasteiger charge is 2.38. The van der Waals surface area contributed by atoms with Gasteiger partial charge < -0.3 is 15.0 Å². The standard InChI is InChI=1S/C14H21N3O2S/c1-9-12(13(15-2)20-16-9)14(18)17-7-8-19-11-6-4-3-5-10(11)17/h10-11,15H,3-8H2,1-2H3/t10-,11+/m1/s1. The summed E-state index contributed by atoms with van der Waals surface area (Å²) >= 11 is 1.36. The Morgan fingerprint density at radius 2 is 2.25 bits per heavy atom. The van der Waals surface area contributed by atoms with E-state index >= 15 is 0 Å². The summed E-state index contributed by atoms with van der Waals surface area (Å²) in [5, 5.41) is 3.95. The molecule has 0 radical (unpaired) electrons. The Hall–Kier alpha value is -1.14. The fourth-order valence-electron chi connectivity index (χ4n) is 3.28. The molecule has 1 amide bonds. The molecule has 20 heavy (non-hydrogen) atoms. The predicted molar refractivity (Wildman–Crippen MR) is 79.4 cm³/mol. The number of nitrogens with one attached hydrogen (secondary N) is 1. The Labute approximate surface area is 123 Å². The fourth-order valence-corrected chi connectivity index (χ4v) is 4.02. The van der Waals surface area contributed by atoms with Gasteiger partial charge in [0.1, 0.15) is 5.00 Å². The summed E-state index contributed by atoms with van der Waals surface area (Å²) in [6.07, 6.45) is 4.76. The molecule has 0 aromatic carbocycles. The average Bonchev–Trinajstić information content (AvgIpc) is 2.87. The summed E-state index contributed by atoms with van der Waals surface area (Å²) in [7, 11) is 1.84. The fraction of sp³-hybridized carbons (Fsp3) is 0.714. The summed E-state index contributed by atoms with van der Waals surface area (Å²) in [4.78, 5) is 14.9. The number of anilines is 1. The molecule has 2 fully saturated rings. The number of rotatable bonds is 2. The zero-order chi connectivity index (χ0) is 14.1. The van der Waals surface area contributed by atoms with Crippen molar-refractivity contribution >= 4 is 22.4 Å². The normalized spacial score (nSPS) is 26.2. The first-order valence-corrected chi connectivity index (χ1v) is 8.06. The van der Waals surface area contributed by atoms with E-state index in [1.807, 2.05) is 18.9 Å². The van der Waals surface area contributed by atoms with Gasteiger partial charge in [-0.25, -0.2) is 0 Å². The number of fused-ring (bicyclic) bond motifs is 1. The molecule has 1 aromatic heterocycles. The van der Waals surface area contributed by atoms with E-state index in [0.717, 1.165) is 29.1 Å². The molecular weight excluding hydrogens is 274 g/mol. The van der Waals surface area contributed by atoms with Gasteiger partial charge in [0.05, 0.1) is 30.0 Å². The highest BCUT2D eigenvalue weighted by atomic mass is 32.1. The minimum Gasteiger partial charge on any atom is -0.378 e. The van der Waals surface area contributed by atoms with E-state index in [-0.39, 0.29) is 18.1 Å². The topological polar surface area (TPSA) is 54.5 Å². The molecule has 2 aliphatic rings. The van der Waals surface area contributed by atoms with Crippen LogP contribution < -0.4 is 5.32 Å². The molecule has 1 saturated heterocycles. The number of nitrogens with zero attached hydrogens (tertiary/aromatic N) is 2. The van der Waals surface area contributed by atoms with Gasteiger partial charge in [-0.05, 0) is 31.3 Å². The molecule has 0 unspecified atom stereocenters. The smallest absolute Gasteiger partial charge is 0.259 e. The summed E-state index contributed by atoms with van der Waals surface area (Å²) in [6, 6.07) is 0.244. The van der Waals surface area contributed by atoms with Crippen molar-refractivity contribution in [3.63, 3.8) is 0 Å². The van der Waals surface area contributed by atoms with Crippen LogP contribution in [0.3, 0.4) is 0 Å². The molecule has 0 bridgehead atoms. The number of aromatic nitrogens is 1. The van der Waals surface area contributed by atoms with Crippen molar-refractivity contribution in [3.8, 4) is 0 Å². The molecule has 3 rings (SSSR count). The maximum atomic E-state index is 12.9. The van der Waals surface area contributed by atoms with Crippen LogP contribution in [0.1, 0.15) is 41.7 Å². The van der Waals surface area contributed by atoms with Crippen molar-refractivity contribution in [3.05, 3.63) is 11.3 Å². The van der Waals surface area contributed by atoms with E-state index in [9.17, 15) is 4.79 Å². The molecule has 1 saturated carbocycles. The lowest BCUT2D eigenvalue weighted by atomic mass is 9.89. The monoisotopic (exact) mass is 295 g/mol. The number of amides is 1. The Balaban J connectivity index is 1.87. The summed E-state index contributed by atoms with van der Waals surface area (Å²) < 4.78 is 10.2. The quantitative estimate of drug-likeness (QED) is 0.909. The number of morpholine rings is 1. The summed E-state index contributed by atoms with van der Waals surface area (Å²) in [5.74, 6) is 0.112. The first-order valence-electron chi connectivity index (χ1n) is 7.29. The number of carbonyl (C=O) groups is 1. The lowest BCUT2D eigenvalue weighted by Crippen LogP contribution is -2.54. The second-order valence-corrected chi connectivity index (χ2v) is 6.26. The minimum absolute atomic E-state index is 0.112. The number of hydrogen-bond acceptors (Lipinski definition) is 5. The Bertz CT molecular complexity index is 501. The minimum atomic E-state index is 0.112. The zero-order valence-electron chi connectivity index (χ0n) is 12.0. The Morgan fingerprint density at radius 3 is 3.05 bits per heavy atom. The molecule has 1 aliphatic carbocycles. The Morgan fingerprint density at radius 1 is 1.45 bits per heavy atom. The van der Waals surface area contributed by atoms with E-state index in [1.54, 1.807) is 0 Å². The SMILES string of the molecule is CNc1snc(C)c1C(=O)N1CCO[C@H]2CCCC[C@H]21. The van der Waals surface area contributed by atoms with Crippen molar-refractivity contribution in [2.24, 2.45) is 0 Å². The van der Waals surface area contributed by atoms with Gasteiger partial charge in [0.15, 0.2) is 0 Å². The van der Waals surface area contributed by atoms with Crippen LogP contribution >= 0.6 is 11.5 Å². The Kier molecular flexibility index (Phi) is 3.94. The predicted octanol–water partition coefficient (Wildman–Crippen LogP) is 2.28. The first-order chi connectivity index (χ1) is 9.72. The lowest BCUT2D eigenvalue weighted by Gasteiger charge is -2.43. The molecule has 1 aromatic rings. The van der Waals surface area contributed by atoms with E-state index in [0.29, 0.717) is 13.2 Å². The van der Waals surface area contributed by atoms with E-state index < -0.39 is 0 Å². The van der Waals surface area contributed by atoms with Crippen LogP contribution in [0.2, 0.25) is 0 Å². The molecule has 2 heterocycles. The van der Waals surface area contributed by atoms with Crippen molar-refractivity contribution in [2.45, 2.75) is 44.8 Å². The molecule has 6 heteroatoms. The highest BCUT2D eigenvalue weighted by molar-refractivity contribution is 7.10. The van der Waals surface area contributed by atoms with Crippen LogP contribution in [-0.2, 0) is 4.74 Å². The van der Waals surface area contributed by atoms with Gasteiger partial charge in [0, 0.05) is 13.6 Å². The van der Waals surface area contributed by atoms with Crippen LogP contribution in [-0.4, -0.2) is 47.5 Å². The maximum Gasteiger partial charge on any atom is 0.259 e. The molecule has 1 aliphatic heterocycles. The molecule has 0 spiro atoms. The highest BCUT2D eigenvalue weighted by Crippen LogP contribution is 2.32. The van der Waals surface area contributed by atoms with Crippen molar-refractivity contribution in [1.29, 1.82) is 0 Å². The number of ether oxygens (including phenoxy) is 1. The first kappa shape index (κ1) is 13.8. The van der Waals surface area contributed by atoms with Crippen LogP contribution in [0.25, 0.3) is 0 Å². The second-order valence-electron chi connectivity index (χ2n) is 5.48. The van der Waals surface area contributed by atoms with E-state index in [1.165, 1.54) is 24.4 Å². The average molecular weight is 295 g/mol. The third-order valence-corrected chi connectivity index (χ3v) is 5.25. The third-order valence-electron chi connectivity index (χ3n) is 4.30.